The maximum atomic E-state index is 11.3. The molecule has 3 fully saturated rings. The first-order valence-corrected chi connectivity index (χ1v) is 3.86. The summed E-state index contributed by atoms with van der Waals surface area (Å²) >= 11 is 0. The van der Waals surface area contributed by atoms with E-state index in [0.717, 1.165) is 0 Å². The zero-order valence-electron chi connectivity index (χ0n) is 5.96. The lowest BCUT2D eigenvalue weighted by Gasteiger charge is -2.08. The number of Topliss-reactive ketones (excluding diaryl/α,β-unsaturated/α-hetero) is 1. The van der Waals surface area contributed by atoms with Crippen molar-refractivity contribution in [3.05, 3.63) is 0 Å². The zero-order chi connectivity index (χ0) is 6.93. The van der Waals surface area contributed by atoms with Gasteiger partial charge in [-0.05, 0) is 24.2 Å². The highest BCUT2D eigenvalue weighted by molar-refractivity contribution is 5.94. The second kappa shape index (κ2) is 1.18. The van der Waals surface area contributed by atoms with Crippen LogP contribution < -0.4 is 0 Å². The normalized spacial score (nSPS) is 61.7. The quantitative estimate of drug-likeness (QED) is 0.530. The van der Waals surface area contributed by atoms with Gasteiger partial charge in [-0.3, -0.25) is 4.79 Å². The summed E-state index contributed by atoms with van der Waals surface area (Å²) in [5.41, 5.74) is 0.498. The summed E-state index contributed by atoms with van der Waals surface area (Å²) in [5.74, 6) is 1.43. The molecule has 4 unspecified atom stereocenters. The molecule has 10 heavy (non-hydrogen) atoms. The maximum Gasteiger partial charge on any atom is 0.165 e. The first-order valence-electron chi connectivity index (χ1n) is 3.86. The van der Waals surface area contributed by atoms with Gasteiger partial charge >= 0.3 is 0 Å². The molecule has 0 N–H and O–H groups in total. The Morgan fingerprint density at radius 1 is 1.60 bits per heavy atom. The number of carbonyl (C=O) groups is 1. The average Bonchev–Trinajstić information content (AvgIpc) is 2.75. The lowest BCUT2D eigenvalue weighted by Crippen LogP contribution is -2.23. The van der Waals surface area contributed by atoms with Crippen LogP contribution in [0.5, 0.6) is 0 Å². The SMILES string of the molecule is COC1C(=O)C2CC23CC13. The summed E-state index contributed by atoms with van der Waals surface area (Å²) in [7, 11) is 1.65. The summed E-state index contributed by atoms with van der Waals surface area (Å²) in [6.45, 7) is 0. The van der Waals surface area contributed by atoms with Gasteiger partial charge in [-0.15, -0.1) is 0 Å². The summed E-state index contributed by atoms with van der Waals surface area (Å²) in [6.07, 6.45) is 2.43. The van der Waals surface area contributed by atoms with Crippen LogP contribution in [0.15, 0.2) is 0 Å². The molecule has 3 aliphatic rings. The second-order valence-corrected chi connectivity index (χ2v) is 3.86. The molecule has 0 radical (unpaired) electrons. The molecule has 0 aliphatic heterocycles. The van der Waals surface area contributed by atoms with Gasteiger partial charge in [0.2, 0.25) is 0 Å². The van der Waals surface area contributed by atoms with Crippen LogP contribution in [-0.2, 0) is 9.53 Å². The van der Waals surface area contributed by atoms with Crippen molar-refractivity contribution < 1.29 is 9.53 Å². The van der Waals surface area contributed by atoms with Crippen molar-refractivity contribution >= 4 is 5.78 Å². The molecule has 3 saturated carbocycles. The topological polar surface area (TPSA) is 26.3 Å². The summed E-state index contributed by atoms with van der Waals surface area (Å²) in [4.78, 5) is 11.3. The molecule has 3 aliphatic carbocycles. The molecular formula is C8H10O2. The van der Waals surface area contributed by atoms with Gasteiger partial charge in [-0.25, -0.2) is 0 Å². The second-order valence-electron chi connectivity index (χ2n) is 3.86. The van der Waals surface area contributed by atoms with Crippen LogP contribution in [-0.4, -0.2) is 19.0 Å². The third-order valence-corrected chi connectivity index (χ3v) is 3.54. The van der Waals surface area contributed by atoms with E-state index in [1.54, 1.807) is 7.11 Å². The van der Waals surface area contributed by atoms with Crippen molar-refractivity contribution in [3.63, 3.8) is 0 Å². The lowest BCUT2D eigenvalue weighted by atomic mass is 10.1. The van der Waals surface area contributed by atoms with Crippen LogP contribution in [0.2, 0.25) is 0 Å². The Labute approximate surface area is 59.6 Å². The Balaban J connectivity index is 1.96. The molecule has 3 rings (SSSR count). The molecule has 0 aromatic rings. The minimum Gasteiger partial charge on any atom is -0.373 e. The number of methoxy groups -OCH3 is 1. The maximum absolute atomic E-state index is 11.3. The number of ketones is 1. The molecule has 1 spiro atoms. The first kappa shape index (κ1) is 5.30. The van der Waals surface area contributed by atoms with Gasteiger partial charge in [0, 0.05) is 13.0 Å². The highest BCUT2D eigenvalue weighted by atomic mass is 16.5. The van der Waals surface area contributed by atoms with Gasteiger partial charge in [0.1, 0.15) is 6.10 Å². The van der Waals surface area contributed by atoms with Crippen molar-refractivity contribution in [1.82, 2.24) is 0 Å². The van der Waals surface area contributed by atoms with Gasteiger partial charge in [-0.1, -0.05) is 0 Å². The number of hydrogen-bond acceptors (Lipinski definition) is 2. The van der Waals surface area contributed by atoms with E-state index >= 15 is 0 Å². The fraction of sp³-hybridized carbons (Fsp3) is 0.875. The Morgan fingerprint density at radius 3 is 2.80 bits per heavy atom. The van der Waals surface area contributed by atoms with E-state index in [0.29, 0.717) is 23.0 Å². The third kappa shape index (κ3) is 0.335. The van der Waals surface area contributed by atoms with E-state index in [1.807, 2.05) is 0 Å². The Morgan fingerprint density at radius 2 is 2.40 bits per heavy atom. The highest BCUT2D eigenvalue weighted by Crippen LogP contribution is 2.80. The zero-order valence-corrected chi connectivity index (χ0v) is 5.96. The lowest BCUT2D eigenvalue weighted by molar-refractivity contribution is -0.129. The molecule has 0 aromatic heterocycles. The largest absolute Gasteiger partial charge is 0.373 e. The molecule has 2 heteroatoms. The van der Waals surface area contributed by atoms with Gasteiger partial charge in [0.25, 0.3) is 0 Å². The van der Waals surface area contributed by atoms with Crippen LogP contribution in [0.3, 0.4) is 0 Å². The standard InChI is InChI=1S/C8H10O2/c1-10-7-5-3-8(5)2-4(8)6(7)9/h4-5,7H,2-3H2,1H3. The van der Waals surface area contributed by atoms with E-state index in [4.69, 9.17) is 4.74 Å². The molecule has 0 amide bonds. The Bertz CT molecular complexity index is 223. The van der Waals surface area contributed by atoms with Gasteiger partial charge in [0.15, 0.2) is 5.78 Å². The van der Waals surface area contributed by atoms with Crippen LogP contribution in [0.25, 0.3) is 0 Å². The van der Waals surface area contributed by atoms with Crippen LogP contribution in [0.4, 0.5) is 0 Å². The van der Waals surface area contributed by atoms with E-state index in [2.05, 4.69) is 0 Å². The molecule has 0 saturated heterocycles. The minimum absolute atomic E-state index is 0.0150. The fourth-order valence-electron chi connectivity index (χ4n) is 2.78. The predicted octanol–water partition coefficient (Wildman–Crippen LogP) is 0.610. The molecular weight excluding hydrogens is 128 g/mol. The average molecular weight is 138 g/mol. The Hall–Kier alpha value is -0.370. The van der Waals surface area contributed by atoms with E-state index in [-0.39, 0.29) is 6.10 Å². The summed E-state index contributed by atoms with van der Waals surface area (Å²) in [6, 6.07) is 0. The Kier molecular flexibility index (Phi) is 0.626. The number of ether oxygens (including phenoxy) is 1. The van der Waals surface area contributed by atoms with Gasteiger partial charge < -0.3 is 4.74 Å². The van der Waals surface area contributed by atoms with E-state index in [9.17, 15) is 4.79 Å². The van der Waals surface area contributed by atoms with Crippen LogP contribution >= 0.6 is 0 Å². The molecule has 2 nitrogen and oxygen atoms in total. The number of hydrogen-bond donors (Lipinski definition) is 0. The van der Waals surface area contributed by atoms with Crippen molar-refractivity contribution in [2.24, 2.45) is 17.3 Å². The third-order valence-electron chi connectivity index (χ3n) is 3.54. The van der Waals surface area contributed by atoms with Crippen molar-refractivity contribution in [2.75, 3.05) is 7.11 Å². The molecule has 0 bridgehead atoms. The fourth-order valence-corrected chi connectivity index (χ4v) is 2.78. The monoisotopic (exact) mass is 138 g/mol. The summed E-state index contributed by atoms with van der Waals surface area (Å²) < 4.78 is 5.12. The smallest absolute Gasteiger partial charge is 0.165 e. The first-order chi connectivity index (χ1) is 4.79. The van der Waals surface area contributed by atoms with Crippen molar-refractivity contribution in [2.45, 2.75) is 18.9 Å². The van der Waals surface area contributed by atoms with Crippen LogP contribution in [0.1, 0.15) is 12.8 Å². The van der Waals surface area contributed by atoms with Gasteiger partial charge in [0.05, 0.1) is 0 Å². The molecule has 0 heterocycles. The minimum atomic E-state index is -0.0150. The molecule has 0 aromatic carbocycles. The number of rotatable bonds is 1. The number of carbonyl (C=O) groups excluding carboxylic acids is 1. The summed E-state index contributed by atoms with van der Waals surface area (Å²) in [5, 5.41) is 0. The highest BCUT2D eigenvalue weighted by Gasteiger charge is 2.81. The van der Waals surface area contributed by atoms with E-state index < -0.39 is 0 Å². The van der Waals surface area contributed by atoms with Crippen molar-refractivity contribution in [3.8, 4) is 0 Å². The van der Waals surface area contributed by atoms with Gasteiger partial charge in [-0.2, -0.15) is 0 Å². The molecule has 4 atom stereocenters. The molecule has 54 valence electrons. The van der Waals surface area contributed by atoms with E-state index in [1.165, 1.54) is 12.8 Å². The predicted molar refractivity (Wildman–Crippen MR) is 34.5 cm³/mol. The van der Waals surface area contributed by atoms with Crippen LogP contribution in [0, 0.1) is 17.3 Å². The van der Waals surface area contributed by atoms with Crippen molar-refractivity contribution in [1.29, 1.82) is 0 Å².